The first-order valence-corrected chi connectivity index (χ1v) is 10.4. The third kappa shape index (κ3) is 6.81. The number of nitrogens with zero attached hydrogens (tertiary/aromatic N) is 1. The standard InChI is InChI=1S/C27H25N3O3/c1-18-4-9-23(10-5-18)29-26(31)17-33-24-11-7-21(8-12-24)15-22(16-28)27(32)30-25-13-6-19(2)14-20(25)3/h4-15H,17H2,1-3H3,(H,29,31)(H,30,32)/b22-15+. The van der Waals surface area contributed by atoms with Crippen molar-refractivity contribution in [1.82, 2.24) is 0 Å². The van der Waals surface area contributed by atoms with Crippen molar-refractivity contribution in [1.29, 1.82) is 5.26 Å². The molecule has 2 N–H and O–H groups in total. The van der Waals surface area contributed by atoms with Crippen LogP contribution in [-0.4, -0.2) is 18.4 Å². The number of nitriles is 1. The number of nitrogens with one attached hydrogen (secondary N) is 2. The molecule has 3 aromatic rings. The normalized spacial score (nSPS) is 10.8. The summed E-state index contributed by atoms with van der Waals surface area (Å²) in [6, 6.07) is 21.9. The Balaban J connectivity index is 1.58. The molecule has 6 heteroatoms. The highest BCUT2D eigenvalue weighted by Crippen LogP contribution is 2.19. The van der Waals surface area contributed by atoms with Gasteiger partial charge in [0.05, 0.1) is 0 Å². The first kappa shape index (κ1) is 23.3. The number of aryl methyl sites for hydroxylation is 3. The molecule has 0 aromatic heterocycles. The van der Waals surface area contributed by atoms with Crippen molar-refractivity contribution in [2.75, 3.05) is 17.2 Å². The quantitative estimate of drug-likeness (QED) is 0.392. The molecule has 0 heterocycles. The van der Waals surface area contributed by atoms with Gasteiger partial charge in [-0.2, -0.15) is 5.26 Å². The molecule has 2 amide bonds. The van der Waals surface area contributed by atoms with Gasteiger partial charge in [0.1, 0.15) is 17.4 Å². The molecule has 33 heavy (non-hydrogen) atoms. The van der Waals surface area contributed by atoms with Crippen molar-refractivity contribution in [2.24, 2.45) is 0 Å². The summed E-state index contributed by atoms with van der Waals surface area (Å²) in [5.74, 6) is -0.236. The van der Waals surface area contributed by atoms with E-state index in [1.54, 1.807) is 24.3 Å². The fourth-order valence-corrected chi connectivity index (χ4v) is 3.10. The largest absolute Gasteiger partial charge is 0.484 e. The molecule has 0 aliphatic carbocycles. The number of ether oxygens (including phenoxy) is 1. The number of amides is 2. The van der Waals surface area contributed by atoms with Gasteiger partial charge in [-0.1, -0.05) is 47.5 Å². The van der Waals surface area contributed by atoms with Crippen LogP contribution in [0.3, 0.4) is 0 Å². The fourth-order valence-electron chi connectivity index (χ4n) is 3.10. The van der Waals surface area contributed by atoms with E-state index in [0.29, 0.717) is 22.7 Å². The third-order valence-corrected chi connectivity index (χ3v) is 4.89. The number of anilines is 2. The Bertz CT molecular complexity index is 1220. The van der Waals surface area contributed by atoms with Gasteiger partial charge in [-0.25, -0.2) is 0 Å². The van der Waals surface area contributed by atoms with Crippen LogP contribution >= 0.6 is 0 Å². The summed E-state index contributed by atoms with van der Waals surface area (Å²) in [4.78, 5) is 24.6. The maximum absolute atomic E-state index is 12.5. The summed E-state index contributed by atoms with van der Waals surface area (Å²) in [5, 5.41) is 15.0. The van der Waals surface area contributed by atoms with Gasteiger partial charge in [0.2, 0.25) is 0 Å². The fraction of sp³-hybridized carbons (Fsp3) is 0.148. The van der Waals surface area contributed by atoms with E-state index in [4.69, 9.17) is 4.74 Å². The van der Waals surface area contributed by atoms with Gasteiger partial charge in [-0.05, 0) is 68.3 Å². The van der Waals surface area contributed by atoms with Crippen molar-refractivity contribution in [3.8, 4) is 11.8 Å². The van der Waals surface area contributed by atoms with Gasteiger partial charge in [0.15, 0.2) is 6.61 Å². The average molecular weight is 440 g/mol. The summed E-state index contributed by atoms with van der Waals surface area (Å²) < 4.78 is 5.52. The molecule has 0 saturated carbocycles. The van der Waals surface area contributed by atoms with E-state index in [2.05, 4.69) is 10.6 Å². The Hall–Kier alpha value is -4.37. The van der Waals surface area contributed by atoms with Crippen LogP contribution in [0, 0.1) is 32.1 Å². The van der Waals surface area contributed by atoms with Crippen LogP contribution in [0.5, 0.6) is 5.75 Å². The van der Waals surface area contributed by atoms with Crippen LogP contribution in [0.4, 0.5) is 11.4 Å². The molecule has 0 saturated heterocycles. The van der Waals surface area contributed by atoms with E-state index in [-0.39, 0.29) is 18.1 Å². The number of hydrogen-bond acceptors (Lipinski definition) is 4. The number of carbonyl (C=O) groups is 2. The van der Waals surface area contributed by atoms with Crippen LogP contribution < -0.4 is 15.4 Å². The van der Waals surface area contributed by atoms with Crippen LogP contribution in [-0.2, 0) is 9.59 Å². The molecule has 0 atom stereocenters. The second kappa shape index (κ2) is 10.8. The summed E-state index contributed by atoms with van der Waals surface area (Å²) in [6.45, 7) is 5.72. The van der Waals surface area contributed by atoms with Crippen LogP contribution in [0.2, 0.25) is 0 Å². The van der Waals surface area contributed by atoms with Gasteiger partial charge in [0, 0.05) is 11.4 Å². The molecule has 0 bridgehead atoms. The first-order chi connectivity index (χ1) is 15.8. The molecule has 0 aliphatic heterocycles. The van der Waals surface area contributed by atoms with E-state index in [9.17, 15) is 14.9 Å². The van der Waals surface area contributed by atoms with Gasteiger partial charge < -0.3 is 15.4 Å². The summed E-state index contributed by atoms with van der Waals surface area (Å²) in [6.07, 6.45) is 1.51. The lowest BCUT2D eigenvalue weighted by molar-refractivity contribution is -0.118. The Morgan fingerprint density at radius 3 is 2.21 bits per heavy atom. The summed E-state index contributed by atoms with van der Waals surface area (Å²) in [7, 11) is 0. The van der Waals surface area contributed by atoms with E-state index < -0.39 is 5.91 Å². The lowest BCUT2D eigenvalue weighted by atomic mass is 10.1. The second-order valence-electron chi connectivity index (χ2n) is 7.71. The first-order valence-electron chi connectivity index (χ1n) is 10.4. The number of carbonyl (C=O) groups excluding carboxylic acids is 2. The lowest BCUT2D eigenvalue weighted by Crippen LogP contribution is -2.20. The number of hydrogen-bond donors (Lipinski definition) is 2. The van der Waals surface area contributed by atoms with Crippen molar-refractivity contribution in [3.63, 3.8) is 0 Å². The molecule has 0 aliphatic rings. The van der Waals surface area contributed by atoms with Gasteiger partial charge in [0.25, 0.3) is 11.8 Å². The Labute approximate surface area is 193 Å². The maximum Gasteiger partial charge on any atom is 0.266 e. The summed E-state index contributed by atoms with van der Waals surface area (Å²) >= 11 is 0. The second-order valence-corrected chi connectivity index (χ2v) is 7.71. The van der Waals surface area contributed by atoms with Gasteiger partial charge in [-0.15, -0.1) is 0 Å². The Kier molecular flexibility index (Phi) is 7.61. The molecule has 3 aromatic carbocycles. The zero-order valence-corrected chi connectivity index (χ0v) is 18.8. The Morgan fingerprint density at radius 2 is 1.58 bits per heavy atom. The van der Waals surface area contributed by atoms with Gasteiger partial charge >= 0.3 is 0 Å². The number of benzene rings is 3. The van der Waals surface area contributed by atoms with E-state index in [1.165, 1.54) is 6.08 Å². The van der Waals surface area contributed by atoms with E-state index in [1.807, 2.05) is 69.3 Å². The molecule has 0 spiro atoms. The highest BCUT2D eigenvalue weighted by atomic mass is 16.5. The van der Waals surface area contributed by atoms with Crippen LogP contribution in [0.1, 0.15) is 22.3 Å². The van der Waals surface area contributed by atoms with E-state index in [0.717, 1.165) is 16.7 Å². The van der Waals surface area contributed by atoms with E-state index >= 15 is 0 Å². The van der Waals surface area contributed by atoms with Crippen molar-refractivity contribution >= 4 is 29.3 Å². The molecular formula is C27H25N3O3. The molecular weight excluding hydrogens is 414 g/mol. The van der Waals surface area contributed by atoms with Crippen molar-refractivity contribution in [2.45, 2.75) is 20.8 Å². The minimum Gasteiger partial charge on any atom is -0.484 e. The van der Waals surface area contributed by atoms with Crippen LogP contribution in [0.15, 0.2) is 72.3 Å². The van der Waals surface area contributed by atoms with Gasteiger partial charge in [-0.3, -0.25) is 9.59 Å². The third-order valence-electron chi connectivity index (χ3n) is 4.89. The smallest absolute Gasteiger partial charge is 0.266 e. The average Bonchev–Trinajstić information content (AvgIpc) is 2.80. The SMILES string of the molecule is Cc1ccc(NC(=O)COc2ccc(/C=C(\C#N)C(=O)Nc3ccc(C)cc3C)cc2)cc1. The predicted molar refractivity (Wildman–Crippen MR) is 130 cm³/mol. The zero-order valence-electron chi connectivity index (χ0n) is 18.8. The minimum atomic E-state index is -0.474. The topological polar surface area (TPSA) is 91.2 Å². The monoisotopic (exact) mass is 439 g/mol. The lowest BCUT2D eigenvalue weighted by Gasteiger charge is -2.09. The minimum absolute atomic E-state index is 0.0129. The van der Waals surface area contributed by atoms with Crippen molar-refractivity contribution < 1.29 is 14.3 Å². The zero-order chi connectivity index (χ0) is 23.8. The Morgan fingerprint density at radius 1 is 0.909 bits per heavy atom. The predicted octanol–water partition coefficient (Wildman–Crippen LogP) is 5.18. The highest BCUT2D eigenvalue weighted by Gasteiger charge is 2.11. The molecule has 166 valence electrons. The molecule has 3 rings (SSSR count). The molecule has 0 radical (unpaired) electrons. The van der Waals surface area contributed by atoms with Crippen molar-refractivity contribution in [3.05, 3.63) is 94.6 Å². The molecule has 6 nitrogen and oxygen atoms in total. The van der Waals surface area contributed by atoms with Crippen LogP contribution in [0.25, 0.3) is 6.08 Å². The molecule has 0 fully saturated rings. The summed E-state index contributed by atoms with van der Waals surface area (Å²) in [5.41, 5.74) is 5.16. The highest BCUT2D eigenvalue weighted by molar-refractivity contribution is 6.10. The number of rotatable bonds is 7. The maximum atomic E-state index is 12.5. The molecule has 0 unspecified atom stereocenters.